The van der Waals surface area contributed by atoms with E-state index in [4.69, 9.17) is 9.05 Å². The number of aromatic nitrogens is 3. The molecule has 0 unspecified atom stereocenters. The van der Waals surface area contributed by atoms with Gasteiger partial charge in [0.2, 0.25) is 0 Å². The average molecular weight is 191 g/mol. The second-order valence-corrected chi connectivity index (χ2v) is 4.15. The van der Waals surface area contributed by atoms with Crippen molar-refractivity contribution in [3.63, 3.8) is 0 Å². The lowest BCUT2D eigenvalue weighted by atomic mass is 10.8. The van der Waals surface area contributed by atoms with E-state index in [9.17, 15) is 4.57 Å². The van der Waals surface area contributed by atoms with E-state index in [0.29, 0.717) is 5.82 Å². The average Bonchev–Trinajstić information content (AvgIpc) is 2.51. The summed E-state index contributed by atoms with van der Waals surface area (Å²) in [4.78, 5) is 0. The fourth-order valence-electron chi connectivity index (χ4n) is 0.779. The van der Waals surface area contributed by atoms with Crippen LogP contribution in [0.25, 0.3) is 0 Å². The third-order valence-corrected chi connectivity index (χ3v) is 3.26. The zero-order valence-corrected chi connectivity index (χ0v) is 7.99. The lowest BCUT2D eigenvalue weighted by Crippen LogP contribution is -2.01. The van der Waals surface area contributed by atoms with Gasteiger partial charge in [-0.25, -0.2) is 8.90 Å². The molecule has 0 saturated heterocycles. The minimum absolute atomic E-state index is 0.488. The highest BCUT2D eigenvalue weighted by molar-refractivity contribution is 7.52. The van der Waals surface area contributed by atoms with Gasteiger partial charge >= 0.3 is 7.75 Å². The molecular formula is C5H10N3O3P. The first kappa shape index (κ1) is 9.38. The molecule has 0 fully saturated rings. The van der Waals surface area contributed by atoms with Crippen molar-refractivity contribution >= 4 is 7.75 Å². The van der Waals surface area contributed by atoms with Gasteiger partial charge in [0.25, 0.3) is 0 Å². The minimum atomic E-state index is -3.23. The number of aryl methyl sites for hydroxylation is 1. The Labute approximate surface area is 70.1 Å². The smallest absolute Gasteiger partial charge is 0.295 e. The zero-order valence-electron chi connectivity index (χ0n) is 7.09. The molecule has 1 aromatic heterocycles. The van der Waals surface area contributed by atoms with Crippen LogP contribution in [-0.2, 0) is 13.6 Å². The summed E-state index contributed by atoms with van der Waals surface area (Å²) >= 11 is 0. The number of hydrogen-bond acceptors (Lipinski definition) is 5. The molecule has 0 aliphatic rings. The van der Waals surface area contributed by atoms with Gasteiger partial charge < -0.3 is 0 Å². The van der Waals surface area contributed by atoms with E-state index in [1.54, 1.807) is 6.92 Å². The van der Waals surface area contributed by atoms with Gasteiger partial charge in [0.05, 0.1) is 0 Å². The summed E-state index contributed by atoms with van der Waals surface area (Å²) in [6.07, 6.45) is 1.31. The van der Waals surface area contributed by atoms with Gasteiger partial charge in [-0.1, -0.05) is 0 Å². The molecule has 68 valence electrons. The van der Waals surface area contributed by atoms with Crippen molar-refractivity contribution in [3.05, 3.63) is 12.2 Å². The molecule has 0 radical (unpaired) electrons. The van der Waals surface area contributed by atoms with Crippen LogP contribution in [0.15, 0.2) is 6.33 Å². The molecule has 6 nitrogen and oxygen atoms in total. The van der Waals surface area contributed by atoms with Gasteiger partial charge in [0.15, 0.2) is 0 Å². The molecule has 0 spiro atoms. The maximum atomic E-state index is 11.7. The summed E-state index contributed by atoms with van der Waals surface area (Å²) in [6.45, 7) is 1.66. The Hall–Kier alpha value is -0.710. The molecule has 7 heteroatoms. The van der Waals surface area contributed by atoms with Crippen molar-refractivity contribution in [3.8, 4) is 0 Å². The molecule has 0 aliphatic heterocycles. The molecule has 0 aliphatic carbocycles. The monoisotopic (exact) mass is 191 g/mol. The Kier molecular flexibility index (Phi) is 2.62. The van der Waals surface area contributed by atoms with E-state index >= 15 is 0 Å². The number of hydrogen-bond donors (Lipinski definition) is 0. The molecule has 1 heterocycles. The highest BCUT2D eigenvalue weighted by atomic mass is 31.2. The highest BCUT2D eigenvalue weighted by Crippen LogP contribution is 2.47. The fourth-order valence-corrected chi connectivity index (χ4v) is 1.85. The van der Waals surface area contributed by atoms with Gasteiger partial charge in [-0.2, -0.15) is 0 Å². The number of nitrogens with zero attached hydrogens (tertiary/aromatic N) is 3. The van der Waals surface area contributed by atoms with Gasteiger partial charge in [-0.05, 0) is 6.92 Å². The Morgan fingerprint density at radius 1 is 1.50 bits per heavy atom. The summed E-state index contributed by atoms with van der Waals surface area (Å²) in [5.74, 6) is 0.488. The van der Waals surface area contributed by atoms with Gasteiger partial charge in [-0.15, -0.1) is 10.2 Å². The SMILES string of the molecule is COP(=O)(OC)n1cnnc1C. The Morgan fingerprint density at radius 3 is 2.42 bits per heavy atom. The van der Waals surface area contributed by atoms with Crippen LogP contribution in [0.2, 0.25) is 0 Å². The third-order valence-electron chi connectivity index (χ3n) is 1.42. The zero-order chi connectivity index (χ0) is 9.19. The van der Waals surface area contributed by atoms with E-state index in [-0.39, 0.29) is 0 Å². The molecular weight excluding hydrogens is 181 g/mol. The fraction of sp³-hybridized carbons (Fsp3) is 0.600. The quantitative estimate of drug-likeness (QED) is 0.662. The van der Waals surface area contributed by atoms with Gasteiger partial charge in [0.1, 0.15) is 12.2 Å². The van der Waals surface area contributed by atoms with Crippen LogP contribution in [-0.4, -0.2) is 28.8 Å². The predicted molar refractivity (Wildman–Crippen MR) is 41.8 cm³/mol. The van der Waals surface area contributed by atoms with E-state index in [0.717, 1.165) is 0 Å². The third kappa shape index (κ3) is 1.41. The van der Waals surface area contributed by atoms with Crippen molar-refractivity contribution < 1.29 is 13.6 Å². The lowest BCUT2D eigenvalue weighted by molar-refractivity contribution is 0.266. The molecule has 1 aromatic rings. The molecule has 0 saturated carbocycles. The van der Waals surface area contributed by atoms with Crippen LogP contribution < -0.4 is 0 Å². The molecule has 0 aromatic carbocycles. The second kappa shape index (κ2) is 3.35. The Morgan fingerprint density at radius 2 is 2.08 bits per heavy atom. The summed E-state index contributed by atoms with van der Waals surface area (Å²) < 4.78 is 22.4. The standard InChI is InChI=1S/C5H10N3O3P/c1-5-7-6-4-8(5)12(9,10-2)11-3/h4H,1-3H3. The Bertz CT molecular complexity index is 303. The van der Waals surface area contributed by atoms with Crippen LogP contribution >= 0.6 is 7.75 Å². The molecule has 0 atom stereocenters. The predicted octanol–water partition coefficient (Wildman–Crippen LogP) is 0.836. The molecule has 0 N–H and O–H groups in total. The molecule has 1 rings (SSSR count). The minimum Gasteiger partial charge on any atom is -0.295 e. The van der Waals surface area contributed by atoms with E-state index in [2.05, 4.69) is 10.2 Å². The summed E-state index contributed by atoms with van der Waals surface area (Å²) in [7, 11) is -0.613. The van der Waals surface area contributed by atoms with Crippen molar-refractivity contribution in [2.45, 2.75) is 6.92 Å². The van der Waals surface area contributed by atoms with Crippen molar-refractivity contribution in [2.75, 3.05) is 14.2 Å². The van der Waals surface area contributed by atoms with E-state index < -0.39 is 7.75 Å². The van der Waals surface area contributed by atoms with Crippen LogP contribution in [0.4, 0.5) is 0 Å². The first-order chi connectivity index (χ1) is 5.64. The molecule has 0 bridgehead atoms. The van der Waals surface area contributed by atoms with Crippen LogP contribution in [0.5, 0.6) is 0 Å². The highest BCUT2D eigenvalue weighted by Gasteiger charge is 2.25. The van der Waals surface area contributed by atoms with Crippen LogP contribution in [0.3, 0.4) is 0 Å². The van der Waals surface area contributed by atoms with Gasteiger partial charge in [0, 0.05) is 14.2 Å². The van der Waals surface area contributed by atoms with Crippen LogP contribution in [0, 0.1) is 6.92 Å². The first-order valence-electron chi connectivity index (χ1n) is 3.23. The van der Waals surface area contributed by atoms with Crippen molar-refractivity contribution in [1.82, 2.24) is 14.5 Å². The van der Waals surface area contributed by atoms with Crippen molar-refractivity contribution in [2.24, 2.45) is 0 Å². The van der Waals surface area contributed by atoms with Crippen LogP contribution in [0.1, 0.15) is 5.82 Å². The van der Waals surface area contributed by atoms with Gasteiger partial charge in [-0.3, -0.25) is 9.05 Å². The molecule has 0 amide bonds. The summed E-state index contributed by atoms with van der Waals surface area (Å²) in [6, 6.07) is 0. The first-order valence-corrected chi connectivity index (χ1v) is 4.72. The summed E-state index contributed by atoms with van der Waals surface area (Å²) in [5, 5.41) is 7.22. The molecule has 12 heavy (non-hydrogen) atoms. The lowest BCUT2D eigenvalue weighted by Gasteiger charge is -2.13. The Balaban J connectivity index is 3.11. The maximum Gasteiger partial charge on any atom is 0.441 e. The number of rotatable bonds is 3. The van der Waals surface area contributed by atoms with E-state index in [1.807, 2.05) is 0 Å². The maximum absolute atomic E-state index is 11.7. The normalized spacial score (nSPS) is 11.9. The topological polar surface area (TPSA) is 66.2 Å². The second-order valence-electron chi connectivity index (χ2n) is 2.06. The largest absolute Gasteiger partial charge is 0.441 e. The van der Waals surface area contributed by atoms with E-state index in [1.165, 1.54) is 24.9 Å². The van der Waals surface area contributed by atoms with Crippen molar-refractivity contribution in [1.29, 1.82) is 0 Å². The summed E-state index contributed by atoms with van der Waals surface area (Å²) in [5.41, 5.74) is 0.